The number of hydrogen-bond acceptors (Lipinski definition) is 6. The molecule has 0 bridgehead atoms. The zero-order chi connectivity index (χ0) is 13.3. The van der Waals surface area contributed by atoms with E-state index < -0.39 is 0 Å². The van der Waals surface area contributed by atoms with E-state index in [4.69, 9.17) is 10.6 Å². The molecule has 0 saturated carbocycles. The summed E-state index contributed by atoms with van der Waals surface area (Å²) in [5.41, 5.74) is 3.39. The van der Waals surface area contributed by atoms with Crippen LogP contribution in [0, 0.1) is 6.92 Å². The molecule has 2 heterocycles. The van der Waals surface area contributed by atoms with E-state index in [0.29, 0.717) is 5.82 Å². The number of nitrogens with zero attached hydrogens (tertiary/aromatic N) is 3. The maximum Gasteiger partial charge on any atom is 0.148 e. The molecule has 1 saturated heterocycles. The van der Waals surface area contributed by atoms with Crippen LogP contribution < -0.4 is 16.2 Å². The van der Waals surface area contributed by atoms with Crippen LogP contribution in [0.15, 0.2) is 6.33 Å². The summed E-state index contributed by atoms with van der Waals surface area (Å²) in [6.45, 7) is 9.86. The van der Waals surface area contributed by atoms with Gasteiger partial charge in [0, 0.05) is 18.7 Å². The van der Waals surface area contributed by atoms with Gasteiger partial charge in [0.1, 0.15) is 18.0 Å². The summed E-state index contributed by atoms with van der Waals surface area (Å²) in [6.07, 6.45) is 1.71. The SMILES string of the molecule is Cc1c(NN)ncnc1N1CC(C)OC(C)(C)C1. The summed E-state index contributed by atoms with van der Waals surface area (Å²) in [5.74, 6) is 7.03. The maximum absolute atomic E-state index is 5.90. The molecule has 6 nitrogen and oxygen atoms in total. The Morgan fingerprint density at radius 1 is 1.50 bits per heavy atom. The van der Waals surface area contributed by atoms with Crippen molar-refractivity contribution >= 4 is 11.6 Å². The molecular formula is C12H21N5O. The number of aromatic nitrogens is 2. The van der Waals surface area contributed by atoms with Gasteiger partial charge in [-0.15, -0.1) is 0 Å². The Hall–Kier alpha value is -1.40. The van der Waals surface area contributed by atoms with E-state index in [1.807, 2.05) is 6.92 Å². The highest BCUT2D eigenvalue weighted by molar-refractivity contribution is 5.57. The summed E-state index contributed by atoms with van der Waals surface area (Å²) >= 11 is 0. The summed E-state index contributed by atoms with van der Waals surface area (Å²) in [6, 6.07) is 0. The number of nitrogens with one attached hydrogen (secondary N) is 1. The molecule has 1 aliphatic heterocycles. The quantitative estimate of drug-likeness (QED) is 0.605. The molecule has 18 heavy (non-hydrogen) atoms. The van der Waals surface area contributed by atoms with Crippen LogP contribution in [0.5, 0.6) is 0 Å². The molecule has 0 aromatic carbocycles. The van der Waals surface area contributed by atoms with Gasteiger partial charge in [-0.05, 0) is 27.7 Å². The van der Waals surface area contributed by atoms with Crippen LogP contribution in [-0.2, 0) is 4.74 Å². The first-order chi connectivity index (χ1) is 8.43. The summed E-state index contributed by atoms with van der Waals surface area (Å²) in [4.78, 5) is 10.7. The van der Waals surface area contributed by atoms with E-state index in [0.717, 1.165) is 24.5 Å². The molecule has 1 aromatic heterocycles. The highest BCUT2D eigenvalue weighted by Crippen LogP contribution is 2.28. The van der Waals surface area contributed by atoms with Crippen molar-refractivity contribution < 1.29 is 4.74 Å². The van der Waals surface area contributed by atoms with Crippen molar-refractivity contribution in [2.24, 2.45) is 5.84 Å². The first-order valence-corrected chi connectivity index (χ1v) is 6.14. The van der Waals surface area contributed by atoms with Crippen LogP contribution in [0.3, 0.4) is 0 Å². The number of hydrogen-bond donors (Lipinski definition) is 2. The van der Waals surface area contributed by atoms with E-state index in [1.54, 1.807) is 0 Å². The number of nitrogens with two attached hydrogens (primary N) is 1. The third-order valence-corrected chi connectivity index (χ3v) is 3.06. The zero-order valence-corrected chi connectivity index (χ0v) is 11.4. The number of nitrogen functional groups attached to an aromatic ring is 1. The Morgan fingerprint density at radius 2 is 2.22 bits per heavy atom. The largest absolute Gasteiger partial charge is 0.369 e. The number of morpholine rings is 1. The van der Waals surface area contributed by atoms with Crippen molar-refractivity contribution in [3.63, 3.8) is 0 Å². The molecule has 1 aromatic rings. The van der Waals surface area contributed by atoms with Crippen LogP contribution in [0.25, 0.3) is 0 Å². The Morgan fingerprint density at radius 3 is 2.83 bits per heavy atom. The van der Waals surface area contributed by atoms with Gasteiger partial charge in [0.05, 0.1) is 11.7 Å². The second-order valence-electron chi connectivity index (χ2n) is 5.38. The molecule has 2 rings (SSSR count). The summed E-state index contributed by atoms with van der Waals surface area (Å²) in [5, 5.41) is 0. The minimum absolute atomic E-state index is 0.175. The Bertz CT molecular complexity index is 434. The van der Waals surface area contributed by atoms with Crippen molar-refractivity contribution in [3.8, 4) is 0 Å². The fraction of sp³-hybridized carbons (Fsp3) is 0.667. The molecule has 0 aliphatic carbocycles. The second kappa shape index (κ2) is 4.70. The minimum Gasteiger partial charge on any atom is -0.369 e. The first kappa shape index (κ1) is 13.0. The molecule has 1 fully saturated rings. The fourth-order valence-corrected chi connectivity index (χ4v) is 2.52. The van der Waals surface area contributed by atoms with Crippen molar-refractivity contribution in [1.29, 1.82) is 0 Å². The maximum atomic E-state index is 5.90. The topological polar surface area (TPSA) is 76.3 Å². The third-order valence-electron chi connectivity index (χ3n) is 3.06. The van der Waals surface area contributed by atoms with Gasteiger partial charge in [0.2, 0.25) is 0 Å². The molecule has 3 N–H and O–H groups in total. The third kappa shape index (κ3) is 2.54. The van der Waals surface area contributed by atoms with Crippen molar-refractivity contribution in [2.75, 3.05) is 23.4 Å². The fourth-order valence-electron chi connectivity index (χ4n) is 2.52. The van der Waals surface area contributed by atoms with Crippen LogP contribution in [0.1, 0.15) is 26.3 Å². The van der Waals surface area contributed by atoms with Crippen molar-refractivity contribution in [3.05, 3.63) is 11.9 Å². The molecule has 6 heteroatoms. The second-order valence-corrected chi connectivity index (χ2v) is 5.38. The lowest BCUT2D eigenvalue weighted by Crippen LogP contribution is -2.52. The molecular weight excluding hydrogens is 230 g/mol. The molecule has 0 amide bonds. The van der Waals surface area contributed by atoms with Gasteiger partial charge < -0.3 is 15.1 Å². The number of rotatable bonds is 2. The van der Waals surface area contributed by atoms with Crippen molar-refractivity contribution in [2.45, 2.75) is 39.4 Å². The predicted molar refractivity (Wildman–Crippen MR) is 71.4 cm³/mol. The molecule has 1 unspecified atom stereocenters. The Balaban J connectivity index is 2.31. The average Bonchev–Trinajstić information content (AvgIpc) is 2.26. The standard InChI is InChI=1S/C12H21N5O/c1-8-5-17(6-12(3,4)18-8)11-9(2)10(16-13)14-7-15-11/h7-8H,5-6,13H2,1-4H3,(H,14,15,16). The van der Waals surface area contributed by atoms with Crippen LogP contribution in [0.2, 0.25) is 0 Å². The predicted octanol–water partition coefficient (Wildman–Crippen LogP) is 1.07. The van der Waals surface area contributed by atoms with Gasteiger partial charge in [-0.2, -0.15) is 0 Å². The minimum atomic E-state index is -0.175. The van der Waals surface area contributed by atoms with Gasteiger partial charge in [0.15, 0.2) is 0 Å². The Labute approximate surface area is 108 Å². The Kier molecular flexibility index (Phi) is 3.41. The van der Waals surface area contributed by atoms with Crippen LogP contribution >= 0.6 is 0 Å². The molecule has 1 aliphatic rings. The number of ether oxygens (including phenoxy) is 1. The monoisotopic (exact) mass is 251 g/mol. The zero-order valence-electron chi connectivity index (χ0n) is 11.4. The molecule has 1 atom stereocenters. The number of anilines is 2. The molecule has 100 valence electrons. The van der Waals surface area contributed by atoms with E-state index >= 15 is 0 Å². The smallest absolute Gasteiger partial charge is 0.148 e. The molecule has 0 radical (unpaired) electrons. The first-order valence-electron chi connectivity index (χ1n) is 6.14. The normalized spacial score (nSPS) is 22.9. The van der Waals surface area contributed by atoms with Gasteiger partial charge in [-0.25, -0.2) is 15.8 Å². The van der Waals surface area contributed by atoms with E-state index in [2.05, 4.69) is 41.1 Å². The van der Waals surface area contributed by atoms with E-state index in [9.17, 15) is 0 Å². The number of hydrazine groups is 1. The van der Waals surface area contributed by atoms with Crippen molar-refractivity contribution in [1.82, 2.24) is 9.97 Å². The molecule has 0 spiro atoms. The highest BCUT2D eigenvalue weighted by Gasteiger charge is 2.32. The van der Waals surface area contributed by atoms with Crippen LogP contribution in [0.4, 0.5) is 11.6 Å². The van der Waals surface area contributed by atoms with E-state index in [-0.39, 0.29) is 11.7 Å². The summed E-state index contributed by atoms with van der Waals surface area (Å²) in [7, 11) is 0. The summed E-state index contributed by atoms with van der Waals surface area (Å²) < 4.78 is 5.90. The van der Waals surface area contributed by atoms with Gasteiger partial charge in [-0.1, -0.05) is 0 Å². The average molecular weight is 251 g/mol. The highest BCUT2D eigenvalue weighted by atomic mass is 16.5. The van der Waals surface area contributed by atoms with Crippen LogP contribution in [-0.4, -0.2) is 34.8 Å². The van der Waals surface area contributed by atoms with Gasteiger partial charge in [0.25, 0.3) is 0 Å². The lowest BCUT2D eigenvalue weighted by atomic mass is 10.1. The van der Waals surface area contributed by atoms with Gasteiger partial charge in [-0.3, -0.25) is 0 Å². The lowest BCUT2D eigenvalue weighted by molar-refractivity contribution is -0.0752. The van der Waals surface area contributed by atoms with Gasteiger partial charge >= 0.3 is 0 Å². The lowest BCUT2D eigenvalue weighted by Gasteiger charge is -2.42. The van der Waals surface area contributed by atoms with E-state index in [1.165, 1.54) is 6.33 Å².